The molecular formula is C24H25ClF3N3. The summed E-state index contributed by atoms with van der Waals surface area (Å²) in [4.78, 5) is 7.27. The molecule has 1 aromatic heterocycles. The summed E-state index contributed by atoms with van der Waals surface area (Å²) < 4.78 is 42.0. The number of halogens is 4. The molecule has 0 unspecified atom stereocenters. The topological polar surface area (TPSA) is 21.1 Å². The summed E-state index contributed by atoms with van der Waals surface area (Å²) in [6, 6.07) is 11.8. The number of piperidine rings is 2. The van der Waals surface area contributed by atoms with Gasteiger partial charge in [-0.15, -0.1) is 0 Å². The largest absolute Gasteiger partial charge is 0.416 e. The lowest BCUT2D eigenvalue weighted by atomic mass is 9.83. The summed E-state index contributed by atoms with van der Waals surface area (Å²) in [5.41, 5.74) is 1.34. The SMILES string of the molecule is FC(F)(F)c1ccc2c(c1)nc(-c1ccc(Cl)cc1)n2C[C@@H]1CCCN2CCCC[C@H]12. The molecule has 2 aromatic carbocycles. The molecule has 2 aliphatic rings. The van der Waals surface area contributed by atoms with Crippen molar-refractivity contribution in [2.45, 2.75) is 50.9 Å². The number of benzene rings is 2. The van der Waals surface area contributed by atoms with Crippen LogP contribution < -0.4 is 0 Å². The van der Waals surface area contributed by atoms with Crippen LogP contribution in [0.3, 0.4) is 0 Å². The number of alkyl halides is 3. The van der Waals surface area contributed by atoms with Gasteiger partial charge in [0, 0.05) is 23.2 Å². The van der Waals surface area contributed by atoms with Gasteiger partial charge in [0.05, 0.1) is 16.6 Å². The highest BCUT2D eigenvalue weighted by Crippen LogP contribution is 2.36. The van der Waals surface area contributed by atoms with Gasteiger partial charge in [0.15, 0.2) is 0 Å². The Morgan fingerprint density at radius 2 is 1.74 bits per heavy atom. The number of hydrogen-bond donors (Lipinski definition) is 0. The Morgan fingerprint density at radius 1 is 0.968 bits per heavy atom. The Labute approximate surface area is 184 Å². The number of aromatic nitrogens is 2. The van der Waals surface area contributed by atoms with Crippen LogP contribution in [0.1, 0.15) is 37.7 Å². The van der Waals surface area contributed by atoms with E-state index in [2.05, 4.69) is 14.5 Å². The molecule has 2 aliphatic heterocycles. The zero-order valence-corrected chi connectivity index (χ0v) is 18.0. The van der Waals surface area contributed by atoms with Gasteiger partial charge in [0.2, 0.25) is 0 Å². The van der Waals surface area contributed by atoms with Gasteiger partial charge in [0.25, 0.3) is 0 Å². The third-order valence-electron chi connectivity index (χ3n) is 6.82. The van der Waals surface area contributed by atoms with Crippen LogP contribution in [0, 0.1) is 5.92 Å². The molecule has 31 heavy (non-hydrogen) atoms. The predicted octanol–water partition coefficient (Wildman–Crippen LogP) is 6.64. The smallest absolute Gasteiger partial charge is 0.324 e. The molecule has 7 heteroatoms. The molecule has 0 N–H and O–H groups in total. The summed E-state index contributed by atoms with van der Waals surface area (Å²) in [5.74, 6) is 1.18. The van der Waals surface area contributed by atoms with Gasteiger partial charge in [-0.3, -0.25) is 0 Å². The van der Waals surface area contributed by atoms with Gasteiger partial charge in [0.1, 0.15) is 5.82 Å². The lowest BCUT2D eigenvalue weighted by Gasteiger charge is -2.44. The number of imidazole rings is 1. The molecule has 0 saturated carbocycles. The molecule has 5 rings (SSSR count). The highest BCUT2D eigenvalue weighted by atomic mass is 35.5. The first-order valence-electron chi connectivity index (χ1n) is 11.0. The number of rotatable bonds is 3. The van der Waals surface area contributed by atoms with Crippen molar-refractivity contribution in [2.24, 2.45) is 5.92 Å². The third kappa shape index (κ3) is 4.08. The minimum Gasteiger partial charge on any atom is -0.324 e. The Hall–Kier alpha value is -2.05. The summed E-state index contributed by atoms with van der Waals surface area (Å²) >= 11 is 6.06. The van der Waals surface area contributed by atoms with Gasteiger partial charge in [-0.2, -0.15) is 13.2 Å². The zero-order valence-electron chi connectivity index (χ0n) is 17.2. The fourth-order valence-electron chi connectivity index (χ4n) is 5.33. The van der Waals surface area contributed by atoms with E-state index in [1.807, 2.05) is 12.1 Å². The van der Waals surface area contributed by atoms with Crippen LogP contribution in [0.5, 0.6) is 0 Å². The summed E-state index contributed by atoms with van der Waals surface area (Å²) in [7, 11) is 0. The van der Waals surface area contributed by atoms with Crippen molar-refractivity contribution in [3.8, 4) is 11.4 Å². The molecule has 2 atom stereocenters. The van der Waals surface area contributed by atoms with Crippen LogP contribution in [0.2, 0.25) is 5.02 Å². The first-order valence-corrected chi connectivity index (χ1v) is 11.4. The van der Waals surface area contributed by atoms with Crippen LogP contribution in [-0.4, -0.2) is 33.6 Å². The second-order valence-electron chi connectivity index (χ2n) is 8.76. The van der Waals surface area contributed by atoms with Gasteiger partial charge in [-0.25, -0.2) is 4.98 Å². The van der Waals surface area contributed by atoms with E-state index in [4.69, 9.17) is 11.6 Å². The fraction of sp³-hybridized carbons (Fsp3) is 0.458. The van der Waals surface area contributed by atoms with Crippen LogP contribution in [0.25, 0.3) is 22.4 Å². The maximum atomic E-state index is 13.3. The lowest BCUT2D eigenvalue weighted by Crippen LogP contribution is -2.49. The Balaban J connectivity index is 1.59. The molecule has 0 radical (unpaired) electrons. The van der Waals surface area contributed by atoms with Crippen LogP contribution >= 0.6 is 11.6 Å². The maximum Gasteiger partial charge on any atom is 0.416 e. The third-order valence-corrected chi connectivity index (χ3v) is 7.08. The van der Waals surface area contributed by atoms with E-state index in [0.29, 0.717) is 28.3 Å². The van der Waals surface area contributed by atoms with Crippen LogP contribution in [-0.2, 0) is 12.7 Å². The van der Waals surface area contributed by atoms with Crippen molar-refractivity contribution in [3.05, 3.63) is 53.1 Å². The van der Waals surface area contributed by atoms with Crippen LogP contribution in [0.4, 0.5) is 13.2 Å². The predicted molar refractivity (Wildman–Crippen MR) is 117 cm³/mol. The van der Waals surface area contributed by atoms with Gasteiger partial charge < -0.3 is 9.47 Å². The van der Waals surface area contributed by atoms with E-state index in [1.165, 1.54) is 37.8 Å². The summed E-state index contributed by atoms with van der Waals surface area (Å²) in [5, 5.41) is 0.621. The standard InChI is InChI=1S/C24H25ClF3N3/c25-19-9-6-16(7-10-19)23-29-20-14-18(24(26,27)28)8-11-22(20)31(23)15-17-4-3-13-30-12-2-1-5-21(17)30/h6-11,14,17,21H,1-5,12-13,15H2/t17-,21+/m0/s1. The van der Waals surface area contributed by atoms with E-state index in [0.717, 1.165) is 37.1 Å². The van der Waals surface area contributed by atoms with Crippen molar-refractivity contribution in [2.75, 3.05) is 13.1 Å². The van der Waals surface area contributed by atoms with E-state index >= 15 is 0 Å². The van der Waals surface area contributed by atoms with Gasteiger partial charge in [-0.1, -0.05) is 18.0 Å². The number of hydrogen-bond acceptors (Lipinski definition) is 2. The van der Waals surface area contributed by atoms with Crippen LogP contribution in [0.15, 0.2) is 42.5 Å². The molecule has 164 valence electrons. The second-order valence-corrected chi connectivity index (χ2v) is 9.19. The summed E-state index contributed by atoms with van der Waals surface area (Å²) in [6.45, 7) is 3.08. The molecule has 3 heterocycles. The van der Waals surface area contributed by atoms with Crippen molar-refractivity contribution in [3.63, 3.8) is 0 Å². The van der Waals surface area contributed by atoms with E-state index < -0.39 is 11.7 Å². The molecule has 2 saturated heterocycles. The minimum absolute atomic E-state index is 0.385. The van der Waals surface area contributed by atoms with Gasteiger partial charge >= 0.3 is 6.18 Å². The first kappa shape index (κ1) is 20.8. The Morgan fingerprint density at radius 3 is 2.52 bits per heavy atom. The molecule has 0 aliphatic carbocycles. The number of nitrogens with zero attached hydrogens (tertiary/aromatic N) is 3. The average Bonchev–Trinajstić information content (AvgIpc) is 3.11. The van der Waals surface area contributed by atoms with Gasteiger partial charge in [-0.05, 0) is 87.2 Å². The zero-order chi connectivity index (χ0) is 21.6. The average molecular weight is 448 g/mol. The normalized spacial score (nSPS) is 22.6. The molecule has 3 nitrogen and oxygen atoms in total. The molecule has 3 aromatic rings. The lowest BCUT2D eigenvalue weighted by molar-refractivity contribution is -0.137. The van der Waals surface area contributed by atoms with Crippen molar-refractivity contribution < 1.29 is 13.2 Å². The highest BCUT2D eigenvalue weighted by Gasteiger charge is 2.34. The quantitative estimate of drug-likeness (QED) is 0.448. The number of fused-ring (bicyclic) bond motifs is 2. The Bertz CT molecular complexity index is 1070. The van der Waals surface area contributed by atoms with Crippen molar-refractivity contribution in [1.82, 2.24) is 14.5 Å². The van der Waals surface area contributed by atoms with Crippen molar-refractivity contribution >= 4 is 22.6 Å². The molecule has 0 amide bonds. The second kappa shape index (κ2) is 8.14. The van der Waals surface area contributed by atoms with Crippen molar-refractivity contribution in [1.29, 1.82) is 0 Å². The van der Waals surface area contributed by atoms with E-state index in [1.54, 1.807) is 18.2 Å². The minimum atomic E-state index is -4.38. The van der Waals surface area contributed by atoms with E-state index in [9.17, 15) is 13.2 Å². The first-order chi connectivity index (χ1) is 14.9. The molecule has 0 bridgehead atoms. The molecule has 2 fully saturated rings. The van der Waals surface area contributed by atoms with E-state index in [-0.39, 0.29) is 0 Å². The molecule has 0 spiro atoms. The highest BCUT2D eigenvalue weighted by molar-refractivity contribution is 6.30. The monoisotopic (exact) mass is 447 g/mol. The molecular weight excluding hydrogens is 423 g/mol. The summed E-state index contributed by atoms with van der Waals surface area (Å²) in [6.07, 6.45) is 1.63. The Kier molecular flexibility index (Phi) is 5.47. The maximum absolute atomic E-state index is 13.3. The fourth-order valence-corrected chi connectivity index (χ4v) is 5.46.